The molecule has 19 heavy (non-hydrogen) atoms. The third-order valence-corrected chi connectivity index (χ3v) is 3.12. The van der Waals surface area contributed by atoms with E-state index >= 15 is 0 Å². The van der Waals surface area contributed by atoms with Gasteiger partial charge < -0.3 is 11.1 Å². The maximum Gasteiger partial charge on any atom is 0.227 e. The third kappa shape index (κ3) is 6.08. The lowest BCUT2D eigenvalue weighted by Gasteiger charge is -2.18. The first-order valence-electron chi connectivity index (χ1n) is 6.71. The number of carbonyl (C=O) groups is 1. The van der Waals surface area contributed by atoms with Gasteiger partial charge in [-0.25, -0.2) is 0 Å². The average molecular weight is 285 g/mol. The summed E-state index contributed by atoms with van der Waals surface area (Å²) in [5.41, 5.74) is 6.65. The Morgan fingerprint density at radius 1 is 1.32 bits per heavy atom. The summed E-state index contributed by atoms with van der Waals surface area (Å²) >= 11 is 0. The predicted octanol–water partition coefficient (Wildman–Crippen LogP) is 2.70. The Balaban J connectivity index is 0.00000324. The Labute approximate surface area is 122 Å². The number of halogens is 1. The summed E-state index contributed by atoms with van der Waals surface area (Å²) in [4.78, 5) is 12.2. The van der Waals surface area contributed by atoms with Crippen molar-refractivity contribution in [2.75, 3.05) is 13.1 Å². The molecule has 2 atom stereocenters. The van der Waals surface area contributed by atoms with Crippen molar-refractivity contribution in [3.63, 3.8) is 0 Å². The van der Waals surface area contributed by atoms with Gasteiger partial charge in [-0.2, -0.15) is 0 Å². The van der Waals surface area contributed by atoms with Gasteiger partial charge in [0.25, 0.3) is 0 Å². The van der Waals surface area contributed by atoms with Gasteiger partial charge in [-0.05, 0) is 24.4 Å². The highest BCUT2D eigenvalue weighted by Gasteiger charge is 2.19. The van der Waals surface area contributed by atoms with Crippen molar-refractivity contribution in [3.05, 3.63) is 35.9 Å². The fraction of sp³-hybridized carbons (Fsp3) is 0.533. The van der Waals surface area contributed by atoms with E-state index in [1.165, 1.54) is 0 Å². The molecule has 0 aliphatic rings. The van der Waals surface area contributed by atoms with Crippen LogP contribution in [0.1, 0.15) is 38.2 Å². The quantitative estimate of drug-likeness (QED) is 0.809. The normalized spacial score (nSPS) is 13.2. The summed E-state index contributed by atoms with van der Waals surface area (Å²) < 4.78 is 0. The van der Waals surface area contributed by atoms with E-state index in [2.05, 4.69) is 12.2 Å². The molecule has 108 valence electrons. The molecule has 0 bridgehead atoms. The number of nitrogens with two attached hydrogens (primary N) is 1. The number of carbonyl (C=O) groups excluding carboxylic acids is 1. The molecule has 0 saturated heterocycles. The van der Waals surface area contributed by atoms with Crippen LogP contribution in [-0.2, 0) is 4.79 Å². The predicted molar refractivity (Wildman–Crippen MR) is 82.6 cm³/mol. The fourth-order valence-electron chi connectivity index (χ4n) is 1.90. The second-order valence-corrected chi connectivity index (χ2v) is 4.84. The minimum absolute atomic E-state index is 0. The maximum atomic E-state index is 12.2. The van der Waals surface area contributed by atoms with Gasteiger partial charge in [0, 0.05) is 6.54 Å². The molecule has 0 aliphatic heterocycles. The highest BCUT2D eigenvalue weighted by molar-refractivity contribution is 5.85. The van der Waals surface area contributed by atoms with E-state index in [0.717, 1.165) is 18.4 Å². The molecule has 0 heterocycles. The van der Waals surface area contributed by atoms with Crippen molar-refractivity contribution in [1.82, 2.24) is 5.32 Å². The van der Waals surface area contributed by atoms with Crippen molar-refractivity contribution in [2.24, 2.45) is 11.7 Å². The molecular formula is C15H25ClN2O. The SMILES string of the molecule is CCCC(C(=O)NCC(C)CN)c1ccccc1.Cl. The molecule has 1 amide bonds. The first-order valence-corrected chi connectivity index (χ1v) is 6.71. The van der Waals surface area contributed by atoms with Crippen molar-refractivity contribution < 1.29 is 4.79 Å². The molecule has 0 saturated carbocycles. The Kier molecular flexibility index (Phi) is 9.27. The van der Waals surface area contributed by atoms with Crippen LogP contribution in [0.3, 0.4) is 0 Å². The minimum atomic E-state index is -0.0406. The molecule has 3 N–H and O–H groups in total. The summed E-state index contributed by atoms with van der Waals surface area (Å²) in [6.45, 7) is 5.40. The Hall–Kier alpha value is -1.06. The van der Waals surface area contributed by atoms with E-state index in [0.29, 0.717) is 19.0 Å². The lowest BCUT2D eigenvalue weighted by Crippen LogP contribution is -2.34. The fourth-order valence-corrected chi connectivity index (χ4v) is 1.90. The first kappa shape index (κ1) is 17.9. The maximum absolute atomic E-state index is 12.2. The van der Waals surface area contributed by atoms with E-state index in [1.807, 2.05) is 37.3 Å². The first-order chi connectivity index (χ1) is 8.69. The van der Waals surface area contributed by atoms with Gasteiger partial charge in [0.15, 0.2) is 0 Å². The molecule has 4 heteroatoms. The number of amides is 1. The summed E-state index contributed by atoms with van der Waals surface area (Å²) in [6, 6.07) is 9.97. The van der Waals surface area contributed by atoms with Crippen molar-refractivity contribution in [3.8, 4) is 0 Å². The molecular weight excluding hydrogens is 260 g/mol. The van der Waals surface area contributed by atoms with Crippen LogP contribution in [0, 0.1) is 5.92 Å². The van der Waals surface area contributed by atoms with Gasteiger partial charge in [-0.1, -0.05) is 50.6 Å². The van der Waals surface area contributed by atoms with Gasteiger partial charge in [-0.15, -0.1) is 12.4 Å². The number of rotatable bonds is 7. The highest BCUT2D eigenvalue weighted by Crippen LogP contribution is 2.21. The third-order valence-electron chi connectivity index (χ3n) is 3.12. The smallest absolute Gasteiger partial charge is 0.227 e. The molecule has 0 fully saturated rings. The molecule has 0 spiro atoms. The van der Waals surface area contributed by atoms with Gasteiger partial charge in [0.05, 0.1) is 5.92 Å². The van der Waals surface area contributed by atoms with Crippen LogP contribution in [0.15, 0.2) is 30.3 Å². The van der Waals surface area contributed by atoms with E-state index in [9.17, 15) is 4.79 Å². The van der Waals surface area contributed by atoms with Crippen molar-refractivity contribution in [2.45, 2.75) is 32.6 Å². The van der Waals surface area contributed by atoms with Crippen LogP contribution in [0.5, 0.6) is 0 Å². The minimum Gasteiger partial charge on any atom is -0.355 e. The van der Waals surface area contributed by atoms with Gasteiger partial charge in [0.2, 0.25) is 5.91 Å². The molecule has 2 unspecified atom stereocenters. The van der Waals surface area contributed by atoms with Gasteiger partial charge in [0.1, 0.15) is 0 Å². The van der Waals surface area contributed by atoms with E-state index in [1.54, 1.807) is 0 Å². The zero-order valence-electron chi connectivity index (χ0n) is 11.8. The van der Waals surface area contributed by atoms with E-state index < -0.39 is 0 Å². The largest absolute Gasteiger partial charge is 0.355 e. The molecule has 0 aliphatic carbocycles. The van der Waals surface area contributed by atoms with Crippen LogP contribution in [-0.4, -0.2) is 19.0 Å². The number of benzene rings is 1. The molecule has 1 aromatic rings. The van der Waals surface area contributed by atoms with E-state index in [4.69, 9.17) is 5.73 Å². The lowest BCUT2D eigenvalue weighted by molar-refractivity contribution is -0.122. The molecule has 0 radical (unpaired) electrons. The Morgan fingerprint density at radius 2 is 1.95 bits per heavy atom. The van der Waals surface area contributed by atoms with E-state index in [-0.39, 0.29) is 24.2 Å². The molecule has 1 aromatic carbocycles. The monoisotopic (exact) mass is 284 g/mol. The summed E-state index contributed by atoms with van der Waals surface area (Å²) in [6.07, 6.45) is 1.88. The molecule has 0 aromatic heterocycles. The number of hydrogen-bond donors (Lipinski definition) is 2. The summed E-state index contributed by atoms with van der Waals surface area (Å²) in [7, 11) is 0. The topological polar surface area (TPSA) is 55.1 Å². The van der Waals surface area contributed by atoms with Gasteiger partial charge in [-0.3, -0.25) is 4.79 Å². The molecule has 3 nitrogen and oxygen atoms in total. The van der Waals surface area contributed by atoms with Crippen molar-refractivity contribution in [1.29, 1.82) is 0 Å². The Bertz CT molecular complexity index is 356. The Morgan fingerprint density at radius 3 is 2.47 bits per heavy atom. The van der Waals surface area contributed by atoms with Crippen LogP contribution in [0.2, 0.25) is 0 Å². The number of nitrogens with one attached hydrogen (secondary N) is 1. The zero-order valence-corrected chi connectivity index (χ0v) is 12.6. The second-order valence-electron chi connectivity index (χ2n) is 4.84. The molecule has 1 rings (SSSR count). The van der Waals surface area contributed by atoms with Crippen LogP contribution in [0.25, 0.3) is 0 Å². The van der Waals surface area contributed by atoms with Crippen LogP contribution in [0.4, 0.5) is 0 Å². The zero-order chi connectivity index (χ0) is 13.4. The second kappa shape index (κ2) is 9.82. The summed E-state index contributed by atoms with van der Waals surface area (Å²) in [5, 5.41) is 3.00. The van der Waals surface area contributed by atoms with Crippen LogP contribution < -0.4 is 11.1 Å². The van der Waals surface area contributed by atoms with Crippen LogP contribution >= 0.6 is 12.4 Å². The number of hydrogen-bond acceptors (Lipinski definition) is 2. The lowest BCUT2D eigenvalue weighted by atomic mass is 9.93. The summed E-state index contributed by atoms with van der Waals surface area (Å²) in [5.74, 6) is 0.400. The van der Waals surface area contributed by atoms with Crippen molar-refractivity contribution >= 4 is 18.3 Å². The van der Waals surface area contributed by atoms with Gasteiger partial charge >= 0.3 is 0 Å². The highest BCUT2D eigenvalue weighted by atomic mass is 35.5. The average Bonchev–Trinajstić information content (AvgIpc) is 2.42. The standard InChI is InChI=1S/C15H24N2O.ClH/c1-3-7-14(13-8-5-4-6-9-13)15(18)17-11-12(2)10-16;/h4-6,8-9,12,14H,3,7,10-11,16H2,1-2H3,(H,17,18);1H.